The minimum absolute atomic E-state index is 0.0233. The number of hydrogen-bond donors (Lipinski definition) is 8. The van der Waals surface area contributed by atoms with Crippen LogP contribution in [0.2, 0.25) is 0 Å². The molecule has 0 aliphatic rings. The number of nitrogens with two attached hydrogens (primary N) is 3. The number of phenolic OH excluding ortho intramolecular Hbond substituents is 1. The van der Waals surface area contributed by atoms with Gasteiger partial charge in [0.2, 0.25) is 17.7 Å². The molecule has 0 radical (unpaired) electrons. The van der Waals surface area contributed by atoms with E-state index in [-0.39, 0.29) is 44.1 Å². The molecule has 11 N–H and O–H groups in total. The van der Waals surface area contributed by atoms with Crippen LogP contribution in [0.5, 0.6) is 5.75 Å². The summed E-state index contributed by atoms with van der Waals surface area (Å²) in [5.74, 6) is -2.65. The van der Waals surface area contributed by atoms with Crippen molar-refractivity contribution in [2.24, 2.45) is 22.2 Å². The molecule has 13 nitrogen and oxygen atoms in total. The van der Waals surface area contributed by atoms with Crippen LogP contribution in [0, 0.1) is 0 Å². The van der Waals surface area contributed by atoms with Crippen molar-refractivity contribution in [2.45, 2.75) is 43.8 Å². The van der Waals surface area contributed by atoms with E-state index < -0.39 is 41.8 Å². The third-order valence-electron chi connectivity index (χ3n) is 5.02. The summed E-state index contributed by atoms with van der Waals surface area (Å²) in [5.41, 5.74) is 16.5. The van der Waals surface area contributed by atoms with Crippen molar-refractivity contribution in [1.29, 1.82) is 0 Å². The summed E-state index contributed by atoms with van der Waals surface area (Å²) in [7, 11) is 0. The van der Waals surface area contributed by atoms with Gasteiger partial charge < -0.3 is 43.4 Å². The zero-order valence-corrected chi connectivity index (χ0v) is 20.9. The summed E-state index contributed by atoms with van der Waals surface area (Å²) in [6.07, 6.45) is 2.59. The molecule has 1 aromatic carbocycles. The fourth-order valence-corrected chi connectivity index (χ4v) is 3.61. The average molecular weight is 526 g/mol. The van der Waals surface area contributed by atoms with Gasteiger partial charge in [0.05, 0.1) is 6.54 Å². The number of amides is 3. The maximum Gasteiger partial charge on any atom is 0.326 e. The van der Waals surface area contributed by atoms with Crippen molar-refractivity contribution in [3.63, 3.8) is 0 Å². The van der Waals surface area contributed by atoms with Crippen LogP contribution in [-0.2, 0) is 25.6 Å². The minimum atomic E-state index is -1.26. The zero-order valence-electron chi connectivity index (χ0n) is 20.1. The van der Waals surface area contributed by atoms with Crippen molar-refractivity contribution in [2.75, 3.05) is 25.1 Å². The van der Waals surface area contributed by atoms with Gasteiger partial charge in [-0.3, -0.25) is 19.4 Å². The van der Waals surface area contributed by atoms with E-state index in [0.717, 1.165) is 0 Å². The van der Waals surface area contributed by atoms with Gasteiger partial charge in [0.25, 0.3) is 0 Å². The molecule has 0 saturated carbocycles. The largest absolute Gasteiger partial charge is 0.508 e. The molecule has 14 heteroatoms. The summed E-state index contributed by atoms with van der Waals surface area (Å²) in [5, 5.41) is 26.6. The highest BCUT2D eigenvalue weighted by Crippen LogP contribution is 2.12. The van der Waals surface area contributed by atoms with Crippen LogP contribution in [0.1, 0.15) is 24.8 Å². The Hall–Kier alpha value is -3.52. The lowest BCUT2D eigenvalue weighted by atomic mass is 10.0. The van der Waals surface area contributed by atoms with E-state index in [1.807, 2.05) is 6.26 Å². The number of carboxylic acids is 1. The van der Waals surface area contributed by atoms with Gasteiger partial charge in [-0.2, -0.15) is 11.8 Å². The third kappa shape index (κ3) is 11.8. The number of phenols is 1. The van der Waals surface area contributed by atoms with Gasteiger partial charge in [0.15, 0.2) is 5.96 Å². The molecule has 0 fully saturated rings. The van der Waals surface area contributed by atoms with Crippen LogP contribution < -0.4 is 33.2 Å². The summed E-state index contributed by atoms with van der Waals surface area (Å²) in [6.45, 7) is -0.0931. The van der Waals surface area contributed by atoms with Crippen molar-refractivity contribution < 1.29 is 29.4 Å². The van der Waals surface area contributed by atoms with Crippen LogP contribution >= 0.6 is 11.8 Å². The highest BCUT2D eigenvalue weighted by atomic mass is 32.2. The van der Waals surface area contributed by atoms with E-state index >= 15 is 0 Å². The van der Waals surface area contributed by atoms with E-state index in [1.54, 1.807) is 12.1 Å². The van der Waals surface area contributed by atoms with Crippen molar-refractivity contribution >= 4 is 41.4 Å². The third-order valence-corrected chi connectivity index (χ3v) is 5.66. The summed E-state index contributed by atoms with van der Waals surface area (Å²) in [6, 6.07) is 2.65. The van der Waals surface area contributed by atoms with Crippen LogP contribution in [0.15, 0.2) is 29.3 Å². The second kappa shape index (κ2) is 16.2. The highest BCUT2D eigenvalue weighted by Gasteiger charge is 2.29. The van der Waals surface area contributed by atoms with E-state index in [0.29, 0.717) is 17.7 Å². The van der Waals surface area contributed by atoms with Gasteiger partial charge in [-0.1, -0.05) is 12.1 Å². The van der Waals surface area contributed by atoms with Crippen LogP contribution in [0.3, 0.4) is 0 Å². The number of aromatic hydroxyl groups is 1. The first-order chi connectivity index (χ1) is 17.1. The molecule has 0 bridgehead atoms. The number of carboxylic acid groups (broad SMARTS) is 1. The number of nitrogens with one attached hydrogen (secondary N) is 3. The zero-order chi connectivity index (χ0) is 27.1. The van der Waals surface area contributed by atoms with Gasteiger partial charge in [-0.15, -0.1) is 0 Å². The van der Waals surface area contributed by atoms with Crippen molar-refractivity contribution in [3.05, 3.63) is 29.8 Å². The lowest BCUT2D eigenvalue weighted by molar-refractivity contribution is -0.142. The van der Waals surface area contributed by atoms with Crippen molar-refractivity contribution in [3.8, 4) is 5.75 Å². The van der Waals surface area contributed by atoms with Crippen LogP contribution in [0.25, 0.3) is 0 Å². The molecular formula is C22H35N7O6S. The topological polar surface area (TPSA) is 235 Å². The molecule has 36 heavy (non-hydrogen) atoms. The second-order valence-corrected chi connectivity index (χ2v) is 8.87. The van der Waals surface area contributed by atoms with Gasteiger partial charge in [0, 0.05) is 13.0 Å². The Balaban J connectivity index is 2.94. The Morgan fingerprint density at radius 2 is 1.56 bits per heavy atom. The Bertz CT molecular complexity index is 909. The first-order valence-electron chi connectivity index (χ1n) is 11.2. The number of thioether (sulfide) groups is 1. The molecule has 0 aliphatic carbocycles. The smallest absolute Gasteiger partial charge is 0.326 e. The molecule has 3 amide bonds. The van der Waals surface area contributed by atoms with Gasteiger partial charge in [-0.25, -0.2) is 4.79 Å². The van der Waals surface area contributed by atoms with Crippen molar-refractivity contribution in [1.82, 2.24) is 16.0 Å². The number of nitrogens with zero attached hydrogens (tertiary/aromatic N) is 1. The quantitative estimate of drug-likeness (QED) is 0.0687. The van der Waals surface area contributed by atoms with Gasteiger partial charge in [0.1, 0.15) is 23.9 Å². The predicted molar refractivity (Wildman–Crippen MR) is 137 cm³/mol. The van der Waals surface area contributed by atoms with E-state index in [2.05, 4.69) is 20.9 Å². The van der Waals surface area contributed by atoms with Crippen LogP contribution in [0.4, 0.5) is 0 Å². The lowest BCUT2D eigenvalue weighted by Gasteiger charge is -2.24. The molecule has 0 spiro atoms. The fraction of sp³-hybridized carbons (Fsp3) is 0.500. The molecular weight excluding hydrogens is 490 g/mol. The molecule has 3 unspecified atom stereocenters. The molecule has 1 rings (SSSR count). The van der Waals surface area contributed by atoms with Gasteiger partial charge in [-0.05, 0) is 49.0 Å². The highest BCUT2D eigenvalue weighted by molar-refractivity contribution is 7.98. The first-order valence-corrected chi connectivity index (χ1v) is 12.6. The number of carbonyl (C=O) groups is 4. The minimum Gasteiger partial charge on any atom is -0.508 e. The molecule has 0 aliphatic heterocycles. The fourth-order valence-electron chi connectivity index (χ4n) is 3.14. The molecule has 200 valence electrons. The Morgan fingerprint density at radius 1 is 0.972 bits per heavy atom. The molecule has 0 aromatic heterocycles. The Labute approximate surface area is 213 Å². The van der Waals surface area contributed by atoms with E-state index in [9.17, 15) is 29.4 Å². The maximum absolute atomic E-state index is 13.0. The number of carbonyl (C=O) groups excluding carboxylic acids is 3. The van der Waals surface area contributed by atoms with Gasteiger partial charge >= 0.3 is 5.97 Å². The average Bonchev–Trinajstić information content (AvgIpc) is 2.83. The molecule has 3 atom stereocenters. The first kappa shape index (κ1) is 30.5. The number of guanidine groups is 1. The number of benzene rings is 1. The lowest BCUT2D eigenvalue weighted by Crippen LogP contribution is -2.56. The van der Waals surface area contributed by atoms with E-state index in [1.165, 1.54) is 23.9 Å². The Kier molecular flexibility index (Phi) is 13.7. The Morgan fingerprint density at radius 3 is 2.08 bits per heavy atom. The second-order valence-electron chi connectivity index (χ2n) is 7.89. The number of aliphatic imine (C=N–C) groups is 1. The monoisotopic (exact) mass is 525 g/mol. The summed E-state index contributed by atoms with van der Waals surface area (Å²) in [4.78, 5) is 53.4. The normalized spacial score (nSPS) is 13.1. The molecule has 1 aromatic rings. The van der Waals surface area contributed by atoms with Crippen LogP contribution in [-0.4, -0.2) is 83.1 Å². The van der Waals surface area contributed by atoms with E-state index in [4.69, 9.17) is 17.2 Å². The predicted octanol–water partition coefficient (Wildman–Crippen LogP) is -1.76. The molecule has 0 heterocycles. The number of hydrogen-bond acceptors (Lipinski definition) is 8. The summed E-state index contributed by atoms with van der Waals surface area (Å²) < 4.78 is 0. The standard InChI is InChI=1S/C22H35N7O6S/c1-36-10-8-16(20(33)29-17(21(34)35)11-13-4-6-14(30)7-5-13)28-19(32)15(27-18(31)12-23)3-2-9-26-22(24)25/h4-7,15-17,30H,2-3,8-12,23H2,1H3,(H,27,31)(H,28,32)(H,29,33)(H,34,35)(H4,24,25,26). The number of aliphatic carboxylic acids is 1. The summed E-state index contributed by atoms with van der Waals surface area (Å²) >= 11 is 1.45. The SMILES string of the molecule is CSCCC(NC(=O)C(CCCN=C(N)N)NC(=O)CN)C(=O)NC(Cc1ccc(O)cc1)C(=O)O. The number of rotatable bonds is 16. The maximum atomic E-state index is 13.0. The molecule has 0 saturated heterocycles.